The smallest absolute Gasteiger partial charge is 0.243 e. The zero-order valence-electron chi connectivity index (χ0n) is 17.2. The number of rotatable bonds is 8. The van der Waals surface area contributed by atoms with Gasteiger partial charge in [0, 0.05) is 37.7 Å². The van der Waals surface area contributed by atoms with E-state index in [0.717, 1.165) is 25.2 Å². The minimum Gasteiger partial charge on any atom is -0.339 e. The zero-order chi connectivity index (χ0) is 21.6. The molecule has 1 fully saturated rings. The molecule has 1 amide bonds. The van der Waals surface area contributed by atoms with Crippen molar-refractivity contribution in [2.45, 2.75) is 18.2 Å². The van der Waals surface area contributed by atoms with Crippen molar-refractivity contribution in [3.05, 3.63) is 65.2 Å². The van der Waals surface area contributed by atoms with Crippen LogP contribution in [0.1, 0.15) is 12.5 Å². The molecule has 1 saturated heterocycles. The first-order valence-electron chi connectivity index (χ1n) is 10.2. The molecule has 2 aromatic rings. The maximum atomic E-state index is 13.3. The highest BCUT2D eigenvalue weighted by Crippen LogP contribution is 2.19. The summed E-state index contributed by atoms with van der Waals surface area (Å²) in [6.45, 7) is 6.00. The molecule has 0 radical (unpaired) electrons. The van der Waals surface area contributed by atoms with Crippen LogP contribution in [0.3, 0.4) is 0 Å². The number of carbonyl (C=O) groups is 1. The Bertz CT molecular complexity index is 928. The van der Waals surface area contributed by atoms with Crippen molar-refractivity contribution < 1.29 is 13.2 Å². The van der Waals surface area contributed by atoms with E-state index in [2.05, 4.69) is 11.8 Å². The molecule has 0 N–H and O–H groups in total. The molecule has 1 aliphatic rings. The minimum absolute atomic E-state index is 0.142. The lowest BCUT2D eigenvalue weighted by Gasteiger charge is -2.35. The van der Waals surface area contributed by atoms with Crippen LogP contribution in [0.15, 0.2) is 59.5 Å². The average molecular weight is 450 g/mol. The minimum atomic E-state index is -3.82. The third kappa shape index (κ3) is 5.82. The van der Waals surface area contributed by atoms with Gasteiger partial charge in [0.25, 0.3) is 0 Å². The lowest BCUT2D eigenvalue weighted by molar-refractivity contribution is -0.133. The van der Waals surface area contributed by atoms with Crippen molar-refractivity contribution in [3.63, 3.8) is 0 Å². The molecular formula is C22H28ClN3O3S. The fraction of sp³-hybridized carbons (Fsp3) is 0.409. The number of hydrogen-bond acceptors (Lipinski definition) is 4. The van der Waals surface area contributed by atoms with Crippen LogP contribution >= 0.6 is 11.6 Å². The Morgan fingerprint density at radius 1 is 1.00 bits per heavy atom. The second-order valence-corrected chi connectivity index (χ2v) is 9.72. The molecule has 1 heterocycles. The Kier molecular flexibility index (Phi) is 7.88. The summed E-state index contributed by atoms with van der Waals surface area (Å²) in [6, 6.07) is 15.8. The third-order valence-corrected chi connectivity index (χ3v) is 7.54. The molecule has 0 aliphatic carbocycles. The number of amides is 1. The van der Waals surface area contributed by atoms with Gasteiger partial charge in [0.1, 0.15) is 0 Å². The summed E-state index contributed by atoms with van der Waals surface area (Å²) in [6.07, 6.45) is 0.532. The number of carbonyl (C=O) groups excluding carboxylic acids is 1. The Labute approximate surface area is 184 Å². The van der Waals surface area contributed by atoms with E-state index in [0.29, 0.717) is 24.5 Å². The number of sulfonamides is 1. The third-order valence-electron chi connectivity index (χ3n) is 5.43. The first-order valence-corrected chi connectivity index (χ1v) is 12.0. The van der Waals surface area contributed by atoms with Gasteiger partial charge in [0.05, 0.1) is 11.4 Å². The molecule has 30 heavy (non-hydrogen) atoms. The van der Waals surface area contributed by atoms with Crippen LogP contribution in [-0.4, -0.2) is 74.2 Å². The average Bonchev–Trinajstić information content (AvgIpc) is 2.77. The predicted molar refractivity (Wildman–Crippen MR) is 119 cm³/mol. The zero-order valence-corrected chi connectivity index (χ0v) is 18.8. The fourth-order valence-corrected chi connectivity index (χ4v) is 5.02. The molecule has 162 valence electrons. The largest absolute Gasteiger partial charge is 0.339 e. The van der Waals surface area contributed by atoms with E-state index in [4.69, 9.17) is 11.6 Å². The van der Waals surface area contributed by atoms with Crippen LogP contribution in [-0.2, 0) is 21.2 Å². The number of piperazine rings is 1. The number of nitrogens with zero attached hydrogens (tertiary/aromatic N) is 3. The molecule has 0 unspecified atom stereocenters. The van der Waals surface area contributed by atoms with Crippen molar-refractivity contribution >= 4 is 27.5 Å². The van der Waals surface area contributed by atoms with Gasteiger partial charge in [-0.05, 0) is 42.8 Å². The lowest BCUT2D eigenvalue weighted by atomic mass is 10.1. The van der Waals surface area contributed by atoms with E-state index in [1.54, 1.807) is 17.0 Å². The number of benzene rings is 2. The summed E-state index contributed by atoms with van der Waals surface area (Å²) in [5.41, 5.74) is 1.03. The van der Waals surface area contributed by atoms with Gasteiger partial charge in [-0.3, -0.25) is 4.79 Å². The number of likely N-dealkylation sites (N-methyl/N-ethyl adjacent to an activating group) is 1. The molecule has 3 rings (SSSR count). The quantitative estimate of drug-likeness (QED) is 0.621. The topological polar surface area (TPSA) is 60.9 Å². The fourth-order valence-electron chi connectivity index (χ4n) is 3.50. The number of hydrogen-bond donors (Lipinski definition) is 0. The molecule has 1 aliphatic heterocycles. The van der Waals surface area contributed by atoms with Gasteiger partial charge in [0.15, 0.2) is 0 Å². The highest BCUT2D eigenvalue weighted by Gasteiger charge is 2.29. The summed E-state index contributed by atoms with van der Waals surface area (Å²) >= 11 is 5.92. The summed E-state index contributed by atoms with van der Waals surface area (Å²) in [7, 11) is -3.82. The van der Waals surface area contributed by atoms with E-state index >= 15 is 0 Å². The highest BCUT2D eigenvalue weighted by molar-refractivity contribution is 7.89. The summed E-state index contributed by atoms with van der Waals surface area (Å²) in [5.74, 6) is -0.156. The van der Waals surface area contributed by atoms with Gasteiger partial charge in [0.2, 0.25) is 15.9 Å². The van der Waals surface area contributed by atoms with Crippen molar-refractivity contribution in [1.82, 2.24) is 14.1 Å². The van der Waals surface area contributed by atoms with Gasteiger partial charge >= 0.3 is 0 Å². The molecule has 0 saturated carbocycles. The van der Waals surface area contributed by atoms with Crippen LogP contribution in [0.4, 0.5) is 0 Å². The van der Waals surface area contributed by atoms with Gasteiger partial charge in [-0.1, -0.05) is 48.9 Å². The number of halogens is 1. The van der Waals surface area contributed by atoms with Crippen molar-refractivity contribution in [2.24, 2.45) is 0 Å². The van der Waals surface area contributed by atoms with Gasteiger partial charge in [-0.2, -0.15) is 4.31 Å². The van der Waals surface area contributed by atoms with E-state index < -0.39 is 10.0 Å². The van der Waals surface area contributed by atoms with Gasteiger partial charge in [-0.25, -0.2) is 8.42 Å². The molecule has 0 spiro atoms. The van der Waals surface area contributed by atoms with Crippen LogP contribution in [0.5, 0.6) is 0 Å². The van der Waals surface area contributed by atoms with Crippen LogP contribution in [0.25, 0.3) is 0 Å². The maximum absolute atomic E-state index is 13.3. The van der Waals surface area contributed by atoms with Gasteiger partial charge in [-0.15, -0.1) is 0 Å². The summed E-state index contributed by atoms with van der Waals surface area (Å²) < 4.78 is 27.9. The molecule has 0 atom stereocenters. The monoisotopic (exact) mass is 449 g/mol. The molecule has 0 aromatic heterocycles. The normalized spacial score (nSPS) is 15.5. The van der Waals surface area contributed by atoms with Crippen LogP contribution < -0.4 is 0 Å². The van der Waals surface area contributed by atoms with Crippen LogP contribution in [0, 0.1) is 0 Å². The first-order chi connectivity index (χ1) is 14.4. The Morgan fingerprint density at radius 3 is 2.23 bits per heavy atom. The SMILES string of the molecule is CCN1CCN(C(=O)CN(CCc2ccccc2)S(=O)(=O)c2ccc(Cl)cc2)CC1. The second kappa shape index (κ2) is 10.4. The Hall–Kier alpha value is -1.93. The van der Waals surface area contributed by atoms with E-state index in [9.17, 15) is 13.2 Å². The standard InChI is InChI=1S/C22H28ClN3O3S/c1-2-24-14-16-25(17-15-24)22(27)18-26(13-12-19-6-4-3-5-7-19)30(28,29)21-10-8-20(23)9-11-21/h3-11H,2,12-18H2,1H3. The molecule has 0 bridgehead atoms. The molecule has 2 aromatic carbocycles. The highest BCUT2D eigenvalue weighted by atomic mass is 35.5. The van der Waals surface area contributed by atoms with Crippen molar-refractivity contribution in [1.29, 1.82) is 0 Å². The van der Waals surface area contributed by atoms with E-state index in [1.807, 2.05) is 30.3 Å². The maximum Gasteiger partial charge on any atom is 0.243 e. The van der Waals surface area contributed by atoms with Crippen molar-refractivity contribution in [3.8, 4) is 0 Å². The van der Waals surface area contributed by atoms with Gasteiger partial charge < -0.3 is 9.80 Å². The molecular weight excluding hydrogens is 422 g/mol. The lowest BCUT2D eigenvalue weighted by Crippen LogP contribution is -2.51. The second-order valence-electron chi connectivity index (χ2n) is 7.34. The summed E-state index contributed by atoms with van der Waals surface area (Å²) in [4.78, 5) is 17.1. The first kappa shape index (κ1) is 22.7. The summed E-state index contributed by atoms with van der Waals surface area (Å²) in [5, 5.41) is 0.467. The van der Waals surface area contributed by atoms with E-state index in [-0.39, 0.29) is 23.9 Å². The van der Waals surface area contributed by atoms with Crippen LogP contribution in [0.2, 0.25) is 5.02 Å². The molecule has 8 heteroatoms. The van der Waals surface area contributed by atoms with E-state index in [1.165, 1.54) is 16.4 Å². The van der Waals surface area contributed by atoms with Crippen molar-refractivity contribution in [2.75, 3.05) is 45.8 Å². The predicted octanol–water partition coefficient (Wildman–Crippen LogP) is 2.74. The molecule has 6 nitrogen and oxygen atoms in total. The Morgan fingerprint density at radius 2 is 1.63 bits per heavy atom. The Balaban J connectivity index is 1.76.